The summed E-state index contributed by atoms with van der Waals surface area (Å²) in [6.07, 6.45) is 1.04. The fourth-order valence-corrected chi connectivity index (χ4v) is 2.58. The van der Waals surface area contributed by atoms with Crippen LogP contribution in [0.1, 0.15) is 19.2 Å². The monoisotopic (exact) mass is 391 g/mol. The Bertz CT molecular complexity index is 554. The number of alkyl halides is 1. The molecule has 1 heterocycles. The van der Waals surface area contributed by atoms with Crippen LogP contribution in [-0.4, -0.2) is 14.8 Å². The molecule has 0 radical (unpaired) electrons. The van der Waals surface area contributed by atoms with E-state index in [0.717, 1.165) is 34.7 Å². The van der Waals surface area contributed by atoms with Gasteiger partial charge in [0.05, 0.1) is 10.4 Å². The molecule has 1 aromatic heterocycles. The molecule has 0 amide bonds. The highest BCUT2D eigenvalue weighted by Crippen LogP contribution is 2.28. The Balaban J connectivity index is 2.49. The van der Waals surface area contributed by atoms with Crippen LogP contribution in [0.5, 0.6) is 0 Å². The number of aromatic nitrogens is 3. The zero-order valence-corrected chi connectivity index (χ0v) is 13.8. The van der Waals surface area contributed by atoms with Crippen molar-refractivity contribution < 1.29 is 0 Å². The number of rotatable bonds is 4. The number of nitrogens with zero attached hydrogens (tertiary/aromatic N) is 3. The van der Waals surface area contributed by atoms with Gasteiger partial charge in [-0.25, -0.2) is 0 Å². The lowest BCUT2D eigenvalue weighted by Crippen LogP contribution is -2.03. The molecule has 0 unspecified atom stereocenters. The van der Waals surface area contributed by atoms with Gasteiger partial charge in [-0.15, -0.1) is 10.2 Å². The van der Waals surface area contributed by atoms with Crippen molar-refractivity contribution in [3.8, 4) is 11.4 Å². The summed E-state index contributed by atoms with van der Waals surface area (Å²) in [6, 6.07) is 5.82. The second-order valence-corrected chi connectivity index (χ2v) is 5.68. The van der Waals surface area contributed by atoms with Crippen LogP contribution in [-0.2, 0) is 11.9 Å². The van der Waals surface area contributed by atoms with Crippen molar-refractivity contribution in [1.82, 2.24) is 14.8 Å². The molecule has 2 rings (SSSR count). The molecule has 2 aromatic rings. The third-order valence-electron chi connectivity index (χ3n) is 2.57. The number of hydrogen-bond acceptors (Lipinski definition) is 2. The van der Waals surface area contributed by atoms with E-state index in [4.69, 9.17) is 11.6 Å². The van der Waals surface area contributed by atoms with Gasteiger partial charge in [-0.1, -0.05) is 34.5 Å². The molecule has 0 fully saturated rings. The summed E-state index contributed by atoms with van der Waals surface area (Å²) in [5, 5.41) is 9.83. The van der Waals surface area contributed by atoms with Crippen molar-refractivity contribution in [1.29, 1.82) is 0 Å². The third kappa shape index (κ3) is 2.78. The first-order valence-electron chi connectivity index (χ1n) is 5.60. The van der Waals surface area contributed by atoms with Crippen LogP contribution in [0.3, 0.4) is 0 Å². The molecule has 0 aliphatic rings. The molecule has 0 saturated carbocycles. The Morgan fingerprint density at radius 3 is 2.72 bits per heavy atom. The molecule has 6 heteroatoms. The molecule has 3 nitrogen and oxygen atoms in total. The highest BCUT2D eigenvalue weighted by Gasteiger charge is 2.13. The smallest absolute Gasteiger partial charge is 0.164 e. The van der Waals surface area contributed by atoms with Gasteiger partial charge in [-0.2, -0.15) is 0 Å². The molecule has 0 atom stereocenters. The summed E-state index contributed by atoms with van der Waals surface area (Å²) < 4.78 is 3.00. The molecule has 18 heavy (non-hydrogen) atoms. The van der Waals surface area contributed by atoms with Crippen molar-refractivity contribution in [3.05, 3.63) is 33.5 Å². The first-order valence-corrected chi connectivity index (χ1v) is 7.90. The molecule has 0 bridgehead atoms. The topological polar surface area (TPSA) is 30.7 Å². The Morgan fingerprint density at radius 1 is 1.33 bits per heavy atom. The molecule has 0 aliphatic heterocycles. The molecular weight excluding hydrogens is 381 g/mol. The molecule has 0 spiro atoms. The minimum Gasteiger partial charge on any atom is -0.310 e. The maximum absolute atomic E-state index is 6.12. The van der Waals surface area contributed by atoms with E-state index in [1.54, 1.807) is 0 Å². The van der Waals surface area contributed by atoms with Crippen molar-refractivity contribution >= 4 is 43.5 Å². The lowest BCUT2D eigenvalue weighted by Gasteiger charge is -2.08. The molecule has 0 saturated heterocycles. The summed E-state index contributed by atoms with van der Waals surface area (Å²) >= 11 is 12.9. The van der Waals surface area contributed by atoms with Crippen LogP contribution in [0.2, 0.25) is 5.02 Å². The van der Waals surface area contributed by atoms with E-state index in [1.807, 2.05) is 18.2 Å². The molecular formula is C12H12Br2ClN3. The van der Waals surface area contributed by atoms with Crippen LogP contribution in [0.15, 0.2) is 22.7 Å². The first-order chi connectivity index (χ1) is 8.67. The third-order valence-corrected chi connectivity index (χ3v) is 4.31. The summed E-state index contributed by atoms with van der Waals surface area (Å²) in [4.78, 5) is 0. The maximum Gasteiger partial charge on any atom is 0.164 e. The normalized spacial score (nSPS) is 10.9. The summed E-state index contributed by atoms with van der Waals surface area (Å²) in [5.74, 6) is 1.80. The average molecular weight is 394 g/mol. The van der Waals surface area contributed by atoms with Crippen LogP contribution in [0.4, 0.5) is 0 Å². The highest BCUT2D eigenvalue weighted by molar-refractivity contribution is 9.10. The standard InChI is InChI=1S/C12H12Br2ClN3/c1-2-5-18-11(7-13)16-17-12(18)8-3-4-9(14)10(15)6-8/h3-4,6H,2,5,7H2,1H3. The quantitative estimate of drug-likeness (QED) is 0.707. The number of benzene rings is 1. The Labute approximate surface area is 128 Å². The lowest BCUT2D eigenvalue weighted by atomic mass is 10.2. The average Bonchev–Trinajstić information content (AvgIpc) is 2.76. The Kier molecular flexibility index (Phi) is 4.81. The van der Waals surface area contributed by atoms with Crippen molar-refractivity contribution in [2.24, 2.45) is 0 Å². The van der Waals surface area contributed by atoms with Crippen LogP contribution in [0, 0.1) is 0 Å². The second kappa shape index (κ2) is 6.17. The second-order valence-electron chi connectivity index (χ2n) is 3.85. The first kappa shape index (κ1) is 14.0. The van der Waals surface area contributed by atoms with E-state index < -0.39 is 0 Å². The fourth-order valence-electron chi connectivity index (χ4n) is 1.74. The van der Waals surface area contributed by atoms with Gasteiger partial charge < -0.3 is 4.57 Å². The van der Waals surface area contributed by atoms with E-state index in [0.29, 0.717) is 10.4 Å². The van der Waals surface area contributed by atoms with E-state index >= 15 is 0 Å². The Hall–Kier alpha value is -0.390. The van der Waals surface area contributed by atoms with Gasteiger partial charge in [-0.3, -0.25) is 0 Å². The number of halogens is 3. The Morgan fingerprint density at radius 2 is 2.11 bits per heavy atom. The van der Waals surface area contributed by atoms with Gasteiger partial charge in [0, 0.05) is 16.6 Å². The van der Waals surface area contributed by atoms with Gasteiger partial charge in [0.1, 0.15) is 5.82 Å². The highest BCUT2D eigenvalue weighted by atomic mass is 79.9. The predicted molar refractivity (Wildman–Crippen MR) is 81.1 cm³/mol. The van der Waals surface area contributed by atoms with Gasteiger partial charge in [0.15, 0.2) is 5.82 Å². The van der Waals surface area contributed by atoms with E-state index in [-0.39, 0.29) is 0 Å². The van der Waals surface area contributed by atoms with Crippen molar-refractivity contribution in [3.63, 3.8) is 0 Å². The van der Waals surface area contributed by atoms with Crippen LogP contribution >= 0.6 is 43.5 Å². The van der Waals surface area contributed by atoms with Crippen molar-refractivity contribution in [2.45, 2.75) is 25.2 Å². The van der Waals surface area contributed by atoms with Gasteiger partial charge in [0.2, 0.25) is 0 Å². The largest absolute Gasteiger partial charge is 0.310 e. The molecule has 1 aromatic carbocycles. The van der Waals surface area contributed by atoms with Gasteiger partial charge >= 0.3 is 0 Å². The minimum atomic E-state index is 0.680. The predicted octanol–water partition coefficient (Wildman–Crippen LogP) is 4.67. The number of hydrogen-bond donors (Lipinski definition) is 0. The zero-order valence-electron chi connectivity index (χ0n) is 9.83. The molecule has 0 aliphatic carbocycles. The summed E-state index contributed by atoms with van der Waals surface area (Å²) in [6.45, 7) is 3.04. The SMILES string of the molecule is CCCn1c(CBr)nnc1-c1ccc(Br)c(Cl)c1. The maximum atomic E-state index is 6.12. The fraction of sp³-hybridized carbons (Fsp3) is 0.333. The zero-order chi connectivity index (χ0) is 13.1. The molecule has 96 valence electrons. The van der Waals surface area contributed by atoms with E-state index in [9.17, 15) is 0 Å². The van der Waals surface area contributed by atoms with Crippen LogP contribution < -0.4 is 0 Å². The summed E-state index contributed by atoms with van der Waals surface area (Å²) in [5.41, 5.74) is 0.983. The minimum absolute atomic E-state index is 0.680. The van der Waals surface area contributed by atoms with E-state index in [1.165, 1.54) is 0 Å². The summed E-state index contributed by atoms with van der Waals surface area (Å²) in [7, 11) is 0. The van der Waals surface area contributed by atoms with Crippen LogP contribution in [0.25, 0.3) is 11.4 Å². The van der Waals surface area contributed by atoms with Crippen molar-refractivity contribution in [2.75, 3.05) is 0 Å². The molecule has 0 N–H and O–H groups in total. The van der Waals surface area contributed by atoms with Gasteiger partial charge in [-0.05, 0) is 40.5 Å². The van der Waals surface area contributed by atoms with Gasteiger partial charge in [0.25, 0.3) is 0 Å². The lowest BCUT2D eigenvalue weighted by molar-refractivity contribution is 0.661. The van der Waals surface area contributed by atoms with E-state index in [2.05, 4.69) is 53.5 Å².